The van der Waals surface area contributed by atoms with E-state index in [0.29, 0.717) is 16.9 Å². The molecule has 1 aliphatic carbocycles. The van der Waals surface area contributed by atoms with Gasteiger partial charge in [-0.1, -0.05) is 0 Å². The molecule has 4 rings (SSSR count). The van der Waals surface area contributed by atoms with E-state index in [1.165, 1.54) is 19.4 Å². The average molecular weight is 580 g/mol. The molecule has 1 unspecified atom stereocenters. The number of sulfonamides is 1. The maximum Gasteiger partial charge on any atom is 0.349 e. The van der Waals surface area contributed by atoms with E-state index < -0.39 is 44.8 Å². The van der Waals surface area contributed by atoms with Crippen molar-refractivity contribution >= 4 is 10.0 Å². The van der Waals surface area contributed by atoms with Gasteiger partial charge in [0.25, 0.3) is 5.56 Å². The van der Waals surface area contributed by atoms with Gasteiger partial charge in [-0.15, -0.1) is 0 Å². The van der Waals surface area contributed by atoms with Gasteiger partial charge in [-0.25, -0.2) is 27.3 Å². The molecule has 3 aromatic rings. The lowest BCUT2D eigenvalue weighted by molar-refractivity contribution is 0.0237. The van der Waals surface area contributed by atoms with Gasteiger partial charge in [-0.3, -0.25) is 9.78 Å². The first-order valence-corrected chi connectivity index (χ1v) is 13.7. The number of rotatable bonds is 10. The van der Waals surface area contributed by atoms with Crippen LogP contribution in [-0.4, -0.2) is 58.8 Å². The molecule has 1 aromatic carbocycles. The molecule has 0 spiro atoms. The van der Waals surface area contributed by atoms with E-state index in [4.69, 9.17) is 14.2 Å². The molecule has 0 bridgehead atoms. The van der Waals surface area contributed by atoms with E-state index in [9.17, 15) is 27.5 Å². The van der Waals surface area contributed by atoms with Gasteiger partial charge in [0.15, 0.2) is 18.2 Å². The lowest BCUT2D eigenvalue weighted by Gasteiger charge is -2.42. The number of aromatic nitrogens is 4. The molecule has 0 saturated heterocycles. The van der Waals surface area contributed by atoms with Gasteiger partial charge >= 0.3 is 5.69 Å². The standard InChI is InChI=1S/C25H30FN5O8S/c1-13-6-16(31-24(34)28-23(33)21(29-31)15(3)26)7-14(2)22(13)39-20-8-19(18(11-27-20)38-12-37-5)40(35,36)30-25(4)9-17(32)10-25/h6-8,11,15,17,30,32H,9-10,12H2,1-5H3,(H,28,33,34). The van der Waals surface area contributed by atoms with Crippen molar-refractivity contribution in [2.45, 2.75) is 63.2 Å². The van der Waals surface area contributed by atoms with Crippen LogP contribution in [0, 0.1) is 13.8 Å². The molecule has 3 N–H and O–H groups in total. The van der Waals surface area contributed by atoms with Crippen molar-refractivity contribution in [3.05, 3.63) is 62.1 Å². The van der Waals surface area contributed by atoms with Gasteiger partial charge in [0, 0.05) is 18.7 Å². The van der Waals surface area contributed by atoms with E-state index in [1.54, 1.807) is 32.9 Å². The molecule has 40 heavy (non-hydrogen) atoms. The highest BCUT2D eigenvalue weighted by molar-refractivity contribution is 7.89. The molecule has 1 atom stereocenters. The van der Waals surface area contributed by atoms with Gasteiger partial charge in [0.2, 0.25) is 15.9 Å². The zero-order valence-corrected chi connectivity index (χ0v) is 23.3. The Bertz CT molecular complexity index is 1620. The number of nitrogens with zero attached hydrogens (tertiary/aromatic N) is 3. The number of nitrogens with one attached hydrogen (secondary N) is 2. The van der Waals surface area contributed by atoms with Crippen LogP contribution in [-0.2, 0) is 14.8 Å². The summed E-state index contributed by atoms with van der Waals surface area (Å²) in [5.41, 5.74) is -1.72. The zero-order chi connectivity index (χ0) is 29.4. The highest BCUT2D eigenvalue weighted by Gasteiger charge is 2.43. The molecule has 13 nitrogen and oxygen atoms in total. The number of halogens is 1. The fourth-order valence-electron chi connectivity index (χ4n) is 4.51. The Morgan fingerprint density at radius 1 is 1.25 bits per heavy atom. The third kappa shape index (κ3) is 6.06. The van der Waals surface area contributed by atoms with Crippen molar-refractivity contribution in [2.24, 2.45) is 0 Å². The summed E-state index contributed by atoms with van der Waals surface area (Å²) in [6, 6.07) is 4.29. The van der Waals surface area contributed by atoms with E-state index in [1.807, 2.05) is 0 Å². The fourth-order valence-corrected chi connectivity index (χ4v) is 6.07. The number of hydrogen-bond acceptors (Lipinski definition) is 10. The molecule has 1 aliphatic rings. The van der Waals surface area contributed by atoms with Crippen LogP contribution >= 0.6 is 0 Å². The zero-order valence-electron chi connectivity index (χ0n) is 22.5. The summed E-state index contributed by atoms with van der Waals surface area (Å²) in [6.45, 7) is 5.97. The maximum absolute atomic E-state index is 13.8. The predicted octanol–water partition coefficient (Wildman–Crippen LogP) is 1.93. The SMILES string of the molecule is COCOc1cnc(Oc2c(C)cc(-n3nc(C(C)F)c(=O)[nH]c3=O)cc2C)cc1S(=O)(=O)NC1(C)CC(O)C1. The highest BCUT2D eigenvalue weighted by Crippen LogP contribution is 2.36. The molecule has 0 aliphatic heterocycles. The number of aliphatic hydroxyl groups is 1. The number of H-pyrrole nitrogens is 1. The van der Waals surface area contributed by atoms with Crippen LogP contribution in [0.25, 0.3) is 5.69 Å². The Balaban J connectivity index is 1.69. The Morgan fingerprint density at radius 2 is 1.90 bits per heavy atom. The Labute approximate surface area is 229 Å². The maximum atomic E-state index is 13.8. The number of hydrogen-bond donors (Lipinski definition) is 3. The number of aryl methyl sites for hydroxylation is 2. The van der Waals surface area contributed by atoms with E-state index in [2.05, 4.69) is 19.8 Å². The molecular formula is C25H30FN5O8S. The minimum atomic E-state index is -4.13. The summed E-state index contributed by atoms with van der Waals surface area (Å²) in [4.78, 5) is 30.3. The molecule has 1 saturated carbocycles. The normalized spacial score (nSPS) is 19.6. The lowest BCUT2D eigenvalue weighted by Crippen LogP contribution is -2.57. The first kappa shape index (κ1) is 29.3. The van der Waals surface area contributed by atoms with Crippen molar-refractivity contribution < 1.29 is 32.1 Å². The summed E-state index contributed by atoms with van der Waals surface area (Å²) in [5.74, 6) is 0.204. The quantitative estimate of drug-likeness (QED) is 0.301. The van der Waals surface area contributed by atoms with Crippen molar-refractivity contribution in [2.75, 3.05) is 13.9 Å². The number of aliphatic hydroxyl groups excluding tert-OH is 1. The molecule has 0 amide bonds. The van der Waals surface area contributed by atoms with E-state index in [-0.39, 0.29) is 41.8 Å². The summed E-state index contributed by atoms with van der Waals surface area (Å²) in [6.07, 6.45) is -0.559. The first-order valence-electron chi connectivity index (χ1n) is 12.2. The molecule has 2 heterocycles. The number of pyridine rings is 1. The number of alkyl halides is 1. The number of benzene rings is 1. The van der Waals surface area contributed by atoms with Crippen molar-refractivity contribution in [3.8, 4) is 23.1 Å². The van der Waals surface area contributed by atoms with Gasteiger partial charge in [0.05, 0.1) is 18.0 Å². The molecule has 216 valence electrons. The number of methoxy groups -OCH3 is 1. The summed E-state index contributed by atoms with van der Waals surface area (Å²) in [7, 11) is -2.74. The second-order valence-electron chi connectivity index (χ2n) is 9.93. The number of aromatic amines is 1. The third-order valence-corrected chi connectivity index (χ3v) is 7.97. The van der Waals surface area contributed by atoms with Crippen molar-refractivity contribution in [1.82, 2.24) is 24.5 Å². The monoisotopic (exact) mass is 579 g/mol. The molecular weight excluding hydrogens is 549 g/mol. The molecule has 15 heteroatoms. The van der Waals surface area contributed by atoms with Crippen LogP contribution in [0.4, 0.5) is 4.39 Å². The minimum absolute atomic E-state index is 0.0595. The first-order chi connectivity index (χ1) is 18.7. The molecule has 2 aromatic heterocycles. The number of ether oxygens (including phenoxy) is 3. The van der Waals surface area contributed by atoms with Crippen molar-refractivity contribution in [3.63, 3.8) is 0 Å². The third-order valence-electron chi connectivity index (χ3n) is 6.31. The summed E-state index contributed by atoms with van der Waals surface area (Å²) in [5, 5.41) is 13.6. The predicted molar refractivity (Wildman–Crippen MR) is 140 cm³/mol. The van der Waals surface area contributed by atoms with E-state index in [0.717, 1.165) is 11.6 Å². The Morgan fingerprint density at radius 3 is 2.48 bits per heavy atom. The largest absolute Gasteiger partial charge is 0.465 e. The Kier molecular flexibility index (Phi) is 8.12. The average Bonchev–Trinajstić information content (AvgIpc) is 2.83. The topological polar surface area (TPSA) is 175 Å². The second kappa shape index (κ2) is 11.1. The smallest absolute Gasteiger partial charge is 0.349 e. The van der Waals surface area contributed by atoms with Crippen molar-refractivity contribution in [1.29, 1.82) is 0 Å². The van der Waals surface area contributed by atoms with E-state index >= 15 is 0 Å². The van der Waals surface area contributed by atoms with Gasteiger partial charge < -0.3 is 19.3 Å². The molecule has 1 fully saturated rings. The van der Waals surface area contributed by atoms with Crippen LogP contribution in [0.3, 0.4) is 0 Å². The lowest BCUT2D eigenvalue weighted by atomic mass is 9.77. The van der Waals surface area contributed by atoms with Gasteiger partial charge in [-0.2, -0.15) is 9.78 Å². The highest BCUT2D eigenvalue weighted by atomic mass is 32.2. The van der Waals surface area contributed by atoms with Crippen LogP contribution in [0.5, 0.6) is 17.4 Å². The van der Waals surface area contributed by atoms with Crippen LogP contribution in [0.15, 0.2) is 38.9 Å². The Hall–Kier alpha value is -3.66. The minimum Gasteiger partial charge on any atom is -0.465 e. The summed E-state index contributed by atoms with van der Waals surface area (Å²) >= 11 is 0. The van der Waals surface area contributed by atoms with Gasteiger partial charge in [-0.05, 0) is 63.8 Å². The van der Waals surface area contributed by atoms with Crippen LogP contribution in [0.1, 0.15) is 49.7 Å². The fraction of sp³-hybridized carbons (Fsp3) is 0.440. The van der Waals surface area contributed by atoms with Crippen LogP contribution in [0.2, 0.25) is 0 Å². The second-order valence-corrected chi connectivity index (χ2v) is 11.6. The summed E-state index contributed by atoms with van der Waals surface area (Å²) < 4.78 is 60.2. The van der Waals surface area contributed by atoms with Crippen LogP contribution < -0.4 is 25.4 Å². The molecule has 0 radical (unpaired) electrons. The van der Waals surface area contributed by atoms with Gasteiger partial charge in [0.1, 0.15) is 16.8 Å².